The van der Waals surface area contributed by atoms with Crippen LogP contribution < -0.4 is 5.73 Å². The molecule has 2 N–H and O–H groups in total. The predicted molar refractivity (Wildman–Crippen MR) is 66.3 cm³/mol. The van der Waals surface area contributed by atoms with Crippen LogP contribution in [0.2, 0.25) is 0 Å². The van der Waals surface area contributed by atoms with Gasteiger partial charge in [-0.1, -0.05) is 12.1 Å². The molecule has 2 aromatic rings. The standard InChI is InChI=1S/C13H17N3/c1-8-4-3-5-11-12(8)15-13(14)16(11)9(2)10-6-7-10/h3-5,9-10H,6-7H2,1-2H3,(H2,14,15). The van der Waals surface area contributed by atoms with Crippen molar-refractivity contribution in [3.8, 4) is 0 Å². The van der Waals surface area contributed by atoms with Gasteiger partial charge in [0.05, 0.1) is 11.0 Å². The van der Waals surface area contributed by atoms with E-state index in [1.807, 2.05) is 0 Å². The number of hydrogen-bond acceptors (Lipinski definition) is 2. The summed E-state index contributed by atoms with van der Waals surface area (Å²) in [6, 6.07) is 6.76. The first-order valence-electron chi connectivity index (χ1n) is 5.91. The highest BCUT2D eigenvalue weighted by atomic mass is 15.2. The van der Waals surface area contributed by atoms with Crippen molar-refractivity contribution >= 4 is 17.0 Å². The van der Waals surface area contributed by atoms with E-state index in [0.29, 0.717) is 12.0 Å². The topological polar surface area (TPSA) is 43.8 Å². The van der Waals surface area contributed by atoms with Gasteiger partial charge in [0, 0.05) is 6.04 Å². The number of para-hydroxylation sites is 1. The van der Waals surface area contributed by atoms with Crippen LogP contribution in [0.1, 0.15) is 31.4 Å². The molecule has 1 fully saturated rings. The van der Waals surface area contributed by atoms with Crippen LogP contribution in [0, 0.1) is 12.8 Å². The Morgan fingerprint density at radius 1 is 1.44 bits per heavy atom. The van der Waals surface area contributed by atoms with E-state index >= 15 is 0 Å². The Morgan fingerprint density at radius 3 is 2.88 bits per heavy atom. The SMILES string of the molecule is Cc1cccc2c1nc(N)n2C(C)C1CC1. The van der Waals surface area contributed by atoms with Crippen LogP contribution in [0.15, 0.2) is 18.2 Å². The summed E-state index contributed by atoms with van der Waals surface area (Å²) in [7, 11) is 0. The molecule has 0 spiro atoms. The maximum Gasteiger partial charge on any atom is 0.201 e. The molecule has 0 amide bonds. The summed E-state index contributed by atoms with van der Waals surface area (Å²) in [5.41, 5.74) is 9.47. The van der Waals surface area contributed by atoms with E-state index in [0.717, 1.165) is 11.4 Å². The van der Waals surface area contributed by atoms with Crippen molar-refractivity contribution in [2.45, 2.75) is 32.7 Å². The number of fused-ring (bicyclic) bond motifs is 1. The van der Waals surface area contributed by atoms with Gasteiger partial charge in [-0.2, -0.15) is 0 Å². The number of aryl methyl sites for hydroxylation is 1. The number of benzene rings is 1. The molecule has 0 saturated heterocycles. The molecule has 84 valence electrons. The van der Waals surface area contributed by atoms with Crippen molar-refractivity contribution in [1.29, 1.82) is 0 Å². The summed E-state index contributed by atoms with van der Waals surface area (Å²) >= 11 is 0. The average Bonchev–Trinajstić information content (AvgIpc) is 3.02. The number of aromatic nitrogens is 2. The number of hydrogen-bond donors (Lipinski definition) is 1. The van der Waals surface area contributed by atoms with Crippen molar-refractivity contribution in [3.05, 3.63) is 23.8 Å². The Bertz CT molecular complexity index is 537. The van der Waals surface area contributed by atoms with E-state index < -0.39 is 0 Å². The molecule has 0 aliphatic heterocycles. The zero-order valence-electron chi connectivity index (χ0n) is 9.77. The second kappa shape index (κ2) is 3.24. The predicted octanol–water partition coefficient (Wildman–Crippen LogP) is 2.90. The summed E-state index contributed by atoms with van der Waals surface area (Å²) in [5.74, 6) is 1.45. The van der Waals surface area contributed by atoms with Gasteiger partial charge < -0.3 is 10.3 Å². The molecule has 1 unspecified atom stereocenters. The van der Waals surface area contributed by atoms with Crippen molar-refractivity contribution in [2.75, 3.05) is 5.73 Å². The lowest BCUT2D eigenvalue weighted by molar-refractivity contribution is 0.504. The summed E-state index contributed by atoms with van der Waals surface area (Å²) in [6.45, 7) is 4.33. The van der Waals surface area contributed by atoms with Crippen LogP contribution >= 0.6 is 0 Å². The fourth-order valence-electron chi connectivity index (χ4n) is 2.49. The molecule has 16 heavy (non-hydrogen) atoms. The highest BCUT2D eigenvalue weighted by molar-refractivity contribution is 5.81. The smallest absolute Gasteiger partial charge is 0.201 e. The lowest BCUT2D eigenvalue weighted by Gasteiger charge is -2.14. The van der Waals surface area contributed by atoms with Gasteiger partial charge in [0.25, 0.3) is 0 Å². The minimum absolute atomic E-state index is 0.479. The van der Waals surface area contributed by atoms with Crippen LogP contribution in [0.4, 0.5) is 5.95 Å². The largest absolute Gasteiger partial charge is 0.369 e. The van der Waals surface area contributed by atoms with Crippen molar-refractivity contribution in [2.24, 2.45) is 5.92 Å². The minimum atomic E-state index is 0.479. The molecule has 1 aromatic carbocycles. The average molecular weight is 215 g/mol. The lowest BCUT2D eigenvalue weighted by Crippen LogP contribution is -2.10. The van der Waals surface area contributed by atoms with Crippen LogP contribution in [0.5, 0.6) is 0 Å². The molecule has 1 aliphatic carbocycles. The summed E-state index contributed by atoms with van der Waals surface area (Å²) in [6.07, 6.45) is 2.65. The quantitative estimate of drug-likeness (QED) is 0.837. The van der Waals surface area contributed by atoms with Crippen molar-refractivity contribution in [1.82, 2.24) is 9.55 Å². The third-order valence-electron chi connectivity index (χ3n) is 3.66. The number of nitrogens with zero attached hydrogens (tertiary/aromatic N) is 2. The van der Waals surface area contributed by atoms with Crippen molar-refractivity contribution in [3.63, 3.8) is 0 Å². The molecular weight excluding hydrogens is 198 g/mol. The Balaban J connectivity index is 2.22. The van der Waals surface area contributed by atoms with Gasteiger partial charge in [-0.05, 0) is 44.2 Å². The summed E-state index contributed by atoms with van der Waals surface area (Å²) < 4.78 is 2.19. The van der Waals surface area contributed by atoms with Crippen LogP contribution in [-0.2, 0) is 0 Å². The van der Waals surface area contributed by atoms with E-state index in [2.05, 4.69) is 41.6 Å². The van der Waals surface area contributed by atoms with Gasteiger partial charge in [-0.3, -0.25) is 0 Å². The second-order valence-corrected chi connectivity index (χ2v) is 4.86. The van der Waals surface area contributed by atoms with E-state index in [9.17, 15) is 0 Å². The van der Waals surface area contributed by atoms with E-state index in [1.165, 1.54) is 23.9 Å². The first-order valence-corrected chi connectivity index (χ1v) is 5.91. The molecule has 1 aliphatic rings. The van der Waals surface area contributed by atoms with Gasteiger partial charge in [0.2, 0.25) is 5.95 Å². The van der Waals surface area contributed by atoms with E-state index in [4.69, 9.17) is 5.73 Å². The Kier molecular flexibility index (Phi) is 1.96. The molecule has 1 aromatic heterocycles. The minimum Gasteiger partial charge on any atom is -0.369 e. The molecule has 0 radical (unpaired) electrons. The van der Waals surface area contributed by atoms with Crippen molar-refractivity contribution < 1.29 is 0 Å². The van der Waals surface area contributed by atoms with Gasteiger partial charge in [-0.15, -0.1) is 0 Å². The second-order valence-electron chi connectivity index (χ2n) is 4.86. The van der Waals surface area contributed by atoms with Gasteiger partial charge in [0.1, 0.15) is 0 Å². The Labute approximate surface area is 95.3 Å². The van der Waals surface area contributed by atoms with Gasteiger partial charge >= 0.3 is 0 Å². The van der Waals surface area contributed by atoms with E-state index in [-0.39, 0.29) is 0 Å². The first-order chi connectivity index (χ1) is 7.68. The number of nitrogen functional groups attached to an aromatic ring is 1. The number of nitrogens with two attached hydrogens (primary N) is 1. The Hall–Kier alpha value is -1.51. The summed E-state index contributed by atoms with van der Waals surface area (Å²) in [4.78, 5) is 4.48. The third-order valence-corrected chi connectivity index (χ3v) is 3.66. The first kappa shape index (κ1) is 9.70. The van der Waals surface area contributed by atoms with Gasteiger partial charge in [0.15, 0.2) is 0 Å². The van der Waals surface area contributed by atoms with Gasteiger partial charge in [-0.25, -0.2) is 4.98 Å². The fourth-order valence-corrected chi connectivity index (χ4v) is 2.49. The maximum atomic E-state index is 6.04. The molecular formula is C13H17N3. The molecule has 3 nitrogen and oxygen atoms in total. The Morgan fingerprint density at radius 2 is 2.19 bits per heavy atom. The third kappa shape index (κ3) is 1.31. The zero-order valence-corrected chi connectivity index (χ0v) is 9.77. The number of imidazole rings is 1. The maximum absolute atomic E-state index is 6.04. The molecule has 0 bridgehead atoms. The fraction of sp³-hybridized carbons (Fsp3) is 0.462. The summed E-state index contributed by atoms with van der Waals surface area (Å²) in [5, 5.41) is 0. The molecule has 1 saturated carbocycles. The monoisotopic (exact) mass is 215 g/mol. The number of rotatable bonds is 2. The highest BCUT2D eigenvalue weighted by Gasteiger charge is 2.31. The normalized spacial score (nSPS) is 17.9. The molecule has 1 heterocycles. The molecule has 1 atom stereocenters. The van der Waals surface area contributed by atoms with Crippen LogP contribution in [0.3, 0.4) is 0 Å². The molecule has 3 heteroatoms. The highest BCUT2D eigenvalue weighted by Crippen LogP contribution is 2.41. The molecule has 3 rings (SSSR count). The van der Waals surface area contributed by atoms with E-state index in [1.54, 1.807) is 0 Å². The van der Waals surface area contributed by atoms with Crippen LogP contribution in [0.25, 0.3) is 11.0 Å². The zero-order chi connectivity index (χ0) is 11.3. The lowest BCUT2D eigenvalue weighted by atomic mass is 10.2. The number of anilines is 1. The van der Waals surface area contributed by atoms with Crippen LogP contribution in [-0.4, -0.2) is 9.55 Å².